The van der Waals surface area contributed by atoms with E-state index >= 15 is 0 Å². The molecular weight excluding hydrogens is 457 g/mol. The van der Waals surface area contributed by atoms with Crippen molar-refractivity contribution in [3.05, 3.63) is 65.5 Å². The molecule has 2 amide bonds. The van der Waals surface area contributed by atoms with E-state index in [1.54, 1.807) is 6.92 Å². The number of hydrogen-bond donors (Lipinski definition) is 1. The van der Waals surface area contributed by atoms with E-state index in [4.69, 9.17) is 0 Å². The van der Waals surface area contributed by atoms with Crippen molar-refractivity contribution >= 4 is 27.5 Å². The molecule has 186 valence electrons. The molecule has 34 heavy (non-hydrogen) atoms. The zero-order valence-electron chi connectivity index (χ0n) is 20.6. The third-order valence-corrected chi connectivity index (χ3v) is 6.41. The number of nitrogens with zero attached hydrogens (tertiary/aromatic N) is 2. The minimum atomic E-state index is -3.99. The smallest absolute Gasteiger partial charge is 0.244 e. The Bertz CT molecular complexity index is 1130. The number of carbonyl (C=O) groups excluding carboxylic acids is 2. The van der Waals surface area contributed by atoms with Crippen LogP contribution < -0.4 is 9.62 Å². The number of anilines is 1. The van der Waals surface area contributed by atoms with Crippen LogP contribution in [0, 0.1) is 12.7 Å². The highest BCUT2D eigenvalue weighted by Gasteiger charge is 2.33. The standard InChI is InChI=1S/C25H34FN3O4S/c1-7-21(24(31)27-25(3,4)5)28(16-19-13-9-8-12-18(19)2)23(30)17-29(34(6,32)33)22-15-11-10-14-20(22)26/h8-15,21H,7,16-17H2,1-6H3,(H,27,31)/t21-/m1/s1. The molecule has 2 aromatic rings. The van der Waals surface area contributed by atoms with Crippen molar-refractivity contribution in [2.24, 2.45) is 0 Å². The van der Waals surface area contributed by atoms with E-state index in [0.29, 0.717) is 6.42 Å². The fraction of sp³-hybridized carbons (Fsp3) is 0.440. The predicted molar refractivity (Wildman–Crippen MR) is 132 cm³/mol. The van der Waals surface area contributed by atoms with Gasteiger partial charge >= 0.3 is 0 Å². The molecule has 0 bridgehead atoms. The fourth-order valence-electron chi connectivity index (χ4n) is 3.59. The van der Waals surface area contributed by atoms with Crippen molar-refractivity contribution in [1.29, 1.82) is 0 Å². The summed E-state index contributed by atoms with van der Waals surface area (Å²) in [5, 5.41) is 2.91. The molecule has 0 radical (unpaired) electrons. The fourth-order valence-corrected chi connectivity index (χ4v) is 4.44. The molecule has 1 atom stereocenters. The topological polar surface area (TPSA) is 86.8 Å². The lowest BCUT2D eigenvalue weighted by molar-refractivity contribution is -0.141. The van der Waals surface area contributed by atoms with Gasteiger partial charge in [0.2, 0.25) is 21.8 Å². The van der Waals surface area contributed by atoms with Gasteiger partial charge in [0.05, 0.1) is 11.9 Å². The number of benzene rings is 2. The van der Waals surface area contributed by atoms with E-state index in [2.05, 4.69) is 5.32 Å². The van der Waals surface area contributed by atoms with Crippen LogP contribution in [0.5, 0.6) is 0 Å². The monoisotopic (exact) mass is 491 g/mol. The average molecular weight is 492 g/mol. The van der Waals surface area contributed by atoms with Gasteiger partial charge in [0.15, 0.2) is 0 Å². The largest absolute Gasteiger partial charge is 0.350 e. The van der Waals surface area contributed by atoms with Crippen molar-refractivity contribution in [3.63, 3.8) is 0 Å². The number of aryl methyl sites for hydroxylation is 1. The van der Waals surface area contributed by atoms with Gasteiger partial charge in [0, 0.05) is 12.1 Å². The van der Waals surface area contributed by atoms with Gasteiger partial charge in [-0.2, -0.15) is 0 Å². The number of amides is 2. The molecule has 2 rings (SSSR count). The van der Waals surface area contributed by atoms with Gasteiger partial charge in [-0.05, 0) is 57.4 Å². The Balaban J connectivity index is 2.49. The predicted octanol–water partition coefficient (Wildman–Crippen LogP) is 3.62. The van der Waals surface area contributed by atoms with Crippen molar-refractivity contribution in [1.82, 2.24) is 10.2 Å². The molecule has 9 heteroatoms. The number of para-hydroxylation sites is 1. The maximum atomic E-state index is 14.5. The van der Waals surface area contributed by atoms with Crippen LogP contribution in [-0.4, -0.2) is 49.5 Å². The maximum Gasteiger partial charge on any atom is 0.244 e. The molecule has 1 N–H and O–H groups in total. The molecule has 7 nitrogen and oxygen atoms in total. The number of nitrogens with one attached hydrogen (secondary N) is 1. The zero-order chi connectivity index (χ0) is 25.7. The van der Waals surface area contributed by atoms with Crippen LogP contribution in [-0.2, 0) is 26.2 Å². The lowest BCUT2D eigenvalue weighted by Gasteiger charge is -2.34. The van der Waals surface area contributed by atoms with Gasteiger partial charge in [-0.1, -0.05) is 43.3 Å². The van der Waals surface area contributed by atoms with Gasteiger partial charge < -0.3 is 10.2 Å². The molecule has 2 aromatic carbocycles. The van der Waals surface area contributed by atoms with Gasteiger partial charge in [-0.25, -0.2) is 12.8 Å². The summed E-state index contributed by atoms with van der Waals surface area (Å²) in [6, 6.07) is 12.0. The number of sulfonamides is 1. The Morgan fingerprint density at radius 1 is 1.06 bits per heavy atom. The van der Waals surface area contributed by atoms with Crippen molar-refractivity contribution in [2.75, 3.05) is 17.1 Å². The molecule has 0 saturated heterocycles. The summed E-state index contributed by atoms with van der Waals surface area (Å²) in [5.74, 6) is -1.70. The second kappa shape index (κ2) is 11.0. The lowest BCUT2D eigenvalue weighted by atomic mass is 10.0. The molecule has 0 heterocycles. The summed E-state index contributed by atoms with van der Waals surface area (Å²) in [6.45, 7) is 8.69. The Morgan fingerprint density at radius 3 is 2.18 bits per heavy atom. The van der Waals surface area contributed by atoms with Gasteiger partial charge in [-0.15, -0.1) is 0 Å². The van der Waals surface area contributed by atoms with Gasteiger partial charge in [0.1, 0.15) is 18.4 Å². The van der Waals surface area contributed by atoms with E-state index < -0.39 is 39.9 Å². The summed E-state index contributed by atoms with van der Waals surface area (Å²) in [6.07, 6.45) is 1.24. The molecule has 0 aliphatic heterocycles. The van der Waals surface area contributed by atoms with E-state index in [9.17, 15) is 22.4 Å². The highest BCUT2D eigenvalue weighted by Crippen LogP contribution is 2.23. The molecular formula is C25H34FN3O4S. The summed E-state index contributed by atoms with van der Waals surface area (Å²) in [4.78, 5) is 28.1. The minimum absolute atomic E-state index is 0.108. The van der Waals surface area contributed by atoms with Crippen LogP contribution >= 0.6 is 0 Å². The van der Waals surface area contributed by atoms with Crippen LogP contribution in [0.15, 0.2) is 48.5 Å². The number of rotatable bonds is 9. The number of hydrogen-bond acceptors (Lipinski definition) is 4. The molecule has 0 unspecified atom stereocenters. The van der Waals surface area contributed by atoms with E-state index in [1.165, 1.54) is 23.1 Å². The summed E-state index contributed by atoms with van der Waals surface area (Å²) >= 11 is 0. The number of halogens is 1. The molecule has 0 spiro atoms. The minimum Gasteiger partial charge on any atom is -0.350 e. The van der Waals surface area contributed by atoms with Crippen LogP contribution in [0.4, 0.5) is 10.1 Å². The first-order valence-electron chi connectivity index (χ1n) is 11.1. The normalized spacial score (nSPS) is 12.7. The van der Waals surface area contributed by atoms with Crippen LogP contribution in [0.2, 0.25) is 0 Å². The van der Waals surface area contributed by atoms with Crippen LogP contribution in [0.3, 0.4) is 0 Å². The molecule has 0 saturated carbocycles. The van der Waals surface area contributed by atoms with Crippen LogP contribution in [0.25, 0.3) is 0 Å². The third-order valence-electron chi connectivity index (χ3n) is 5.29. The Hall–Kier alpha value is -2.94. The first kappa shape index (κ1) is 27.3. The molecule has 0 aromatic heterocycles. The van der Waals surface area contributed by atoms with E-state index in [0.717, 1.165) is 27.8 Å². The molecule has 0 fully saturated rings. The number of carbonyl (C=O) groups is 2. The first-order valence-corrected chi connectivity index (χ1v) is 13.0. The van der Waals surface area contributed by atoms with E-state index in [-0.39, 0.29) is 18.1 Å². The average Bonchev–Trinajstić information content (AvgIpc) is 2.71. The van der Waals surface area contributed by atoms with Crippen molar-refractivity contribution < 1.29 is 22.4 Å². The van der Waals surface area contributed by atoms with Gasteiger partial charge in [-0.3, -0.25) is 13.9 Å². The van der Waals surface area contributed by atoms with E-state index in [1.807, 2.05) is 52.0 Å². The third kappa shape index (κ3) is 7.28. The highest BCUT2D eigenvalue weighted by atomic mass is 32.2. The summed E-state index contributed by atoms with van der Waals surface area (Å²) < 4.78 is 40.3. The summed E-state index contributed by atoms with van der Waals surface area (Å²) in [5.41, 5.74) is 1.02. The summed E-state index contributed by atoms with van der Waals surface area (Å²) in [7, 11) is -3.99. The second-order valence-electron chi connectivity index (χ2n) is 9.33. The SMILES string of the molecule is CC[C@H](C(=O)NC(C)(C)C)N(Cc1ccccc1C)C(=O)CN(c1ccccc1F)S(C)(=O)=O. The van der Waals surface area contributed by atoms with Crippen molar-refractivity contribution in [3.8, 4) is 0 Å². The Morgan fingerprint density at radius 2 is 1.65 bits per heavy atom. The first-order chi connectivity index (χ1) is 15.7. The molecule has 0 aliphatic rings. The highest BCUT2D eigenvalue weighted by molar-refractivity contribution is 7.92. The molecule has 0 aliphatic carbocycles. The second-order valence-corrected chi connectivity index (χ2v) is 11.2. The van der Waals surface area contributed by atoms with Crippen molar-refractivity contribution in [2.45, 2.75) is 59.2 Å². The van der Waals surface area contributed by atoms with Crippen LogP contribution in [0.1, 0.15) is 45.2 Å². The zero-order valence-corrected chi connectivity index (χ0v) is 21.4. The quantitative estimate of drug-likeness (QED) is 0.581. The lowest BCUT2D eigenvalue weighted by Crippen LogP contribution is -2.55. The Kier molecular flexibility index (Phi) is 8.83. The van der Waals surface area contributed by atoms with Gasteiger partial charge in [0.25, 0.3) is 0 Å². The Labute approximate surface area is 202 Å². The maximum absolute atomic E-state index is 14.5.